The predicted molar refractivity (Wildman–Crippen MR) is 83.4 cm³/mol. The molecule has 1 amide bonds. The summed E-state index contributed by atoms with van der Waals surface area (Å²) in [5, 5.41) is 11.5. The number of benzene rings is 1. The number of rotatable bonds is 8. The number of carboxylic acid groups (broad SMARTS) is 1. The van der Waals surface area contributed by atoms with Gasteiger partial charge in [-0.1, -0.05) is 26.0 Å². The first kappa shape index (κ1) is 20.0. The van der Waals surface area contributed by atoms with Crippen molar-refractivity contribution >= 4 is 21.7 Å². The first-order chi connectivity index (χ1) is 11.0. The van der Waals surface area contributed by atoms with Gasteiger partial charge in [0.15, 0.2) is 0 Å². The van der Waals surface area contributed by atoms with E-state index in [1.54, 1.807) is 0 Å². The molecule has 6 nitrogen and oxygen atoms in total. The number of carboxylic acids is 1. The van der Waals surface area contributed by atoms with Crippen LogP contribution < -0.4 is 5.32 Å². The summed E-state index contributed by atoms with van der Waals surface area (Å²) in [6, 6.07) is 3.97. The third-order valence-electron chi connectivity index (χ3n) is 3.17. The number of amides is 1. The minimum absolute atomic E-state index is 0.0633. The Labute approximate surface area is 138 Å². The Balaban J connectivity index is 2.81. The molecule has 0 saturated heterocycles. The van der Waals surface area contributed by atoms with Crippen molar-refractivity contribution in [3.8, 4) is 0 Å². The van der Waals surface area contributed by atoms with Crippen molar-refractivity contribution < 1.29 is 31.9 Å². The molecule has 0 bridgehead atoms. The molecule has 0 heterocycles. The highest BCUT2D eigenvalue weighted by Gasteiger charge is 2.25. The van der Waals surface area contributed by atoms with Crippen LogP contribution in [0, 0.1) is 5.92 Å². The molecule has 1 aromatic rings. The van der Waals surface area contributed by atoms with E-state index in [-0.39, 0.29) is 23.5 Å². The molecule has 0 saturated carbocycles. The average Bonchev–Trinajstić information content (AvgIpc) is 2.46. The maximum atomic E-state index is 12.3. The first-order valence-corrected chi connectivity index (χ1v) is 8.86. The van der Waals surface area contributed by atoms with Crippen LogP contribution in [0.25, 0.3) is 0 Å². The van der Waals surface area contributed by atoms with Crippen LogP contribution >= 0.6 is 0 Å². The Morgan fingerprint density at radius 3 is 2.12 bits per heavy atom. The highest BCUT2D eigenvalue weighted by molar-refractivity contribution is 7.90. The van der Waals surface area contributed by atoms with Crippen LogP contribution in [0.15, 0.2) is 24.3 Å². The Bertz CT molecular complexity index is 686. The normalized spacial score (nSPS) is 13.1. The van der Waals surface area contributed by atoms with E-state index in [0.717, 1.165) is 0 Å². The van der Waals surface area contributed by atoms with E-state index in [1.807, 2.05) is 13.8 Å². The fourth-order valence-electron chi connectivity index (χ4n) is 1.98. The second-order valence-electron chi connectivity index (χ2n) is 5.76. The van der Waals surface area contributed by atoms with E-state index in [4.69, 9.17) is 5.11 Å². The molecule has 0 fully saturated rings. The Kier molecular flexibility index (Phi) is 6.82. The molecule has 134 valence electrons. The van der Waals surface area contributed by atoms with Gasteiger partial charge in [-0.05, 0) is 30.0 Å². The van der Waals surface area contributed by atoms with E-state index >= 15 is 0 Å². The van der Waals surface area contributed by atoms with E-state index in [2.05, 4.69) is 5.32 Å². The molecule has 1 atom stereocenters. The number of carbonyl (C=O) groups is 2. The van der Waals surface area contributed by atoms with E-state index in [1.165, 1.54) is 24.3 Å². The maximum absolute atomic E-state index is 12.3. The molecule has 9 heteroatoms. The smallest absolute Gasteiger partial charge is 0.337 e. The topological polar surface area (TPSA) is 101 Å². The SMILES string of the molecule is CC(C)C[C@@H](NC(=O)c1ccc(CS(=O)(=O)C(F)F)cc1)C(=O)O. The van der Waals surface area contributed by atoms with E-state index in [9.17, 15) is 26.8 Å². The lowest BCUT2D eigenvalue weighted by atomic mass is 10.0. The van der Waals surface area contributed by atoms with Gasteiger partial charge in [-0.25, -0.2) is 13.2 Å². The fourth-order valence-corrected chi connectivity index (χ4v) is 2.77. The van der Waals surface area contributed by atoms with Crippen molar-refractivity contribution in [1.82, 2.24) is 5.32 Å². The number of halogens is 2. The average molecular weight is 363 g/mol. The lowest BCUT2D eigenvalue weighted by Gasteiger charge is -2.16. The molecule has 0 spiro atoms. The van der Waals surface area contributed by atoms with Crippen molar-refractivity contribution in [2.75, 3.05) is 0 Å². The van der Waals surface area contributed by atoms with Crippen LogP contribution in [0.4, 0.5) is 8.78 Å². The van der Waals surface area contributed by atoms with Gasteiger partial charge in [-0.2, -0.15) is 8.78 Å². The number of sulfone groups is 1. The van der Waals surface area contributed by atoms with E-state index < -0.39 is 39.3 Å². The summed E-state index contributed by atoms with van der Waals surface area (Å²) in [4.78, 5) is 23.2. The van der Waals surface area contributed by atoms with Crippen LogP contribution in [-0.2, 0) is 20.4 Å². The fraction of sp³-hybridized carbons (Fsp3) is 0.467. The first-order valence-electron chi connectivity index (χ1n) is 7.15. The van der Waals surface area contributed by atoms with Crippen LogP contribution in [0.2, 0.25) is 0 Å². The second-order valence-corrected chi connectivity index (χ2v) is 7.73. The number of hydrogen-bond acceptors (Lipinski definition) is 4. The van der Waals surface area contributed by atoms with Crippen LogP contribution in [-0.4, -0.2) is 37.2 Å². The highest BCUT2D eigenvalue weighted by Crippen LogP contribution is 2.14. The van der Waals surface area contributed by atoms with Crippen molar-refractivity contribution in [2.45, 2.75) is 37.8 Å². The quantitative estimate of drug-likeness (QED) is 0.736. The summed E-state index contributed by atoms with van der Waals surface area (Å²) < 4.78 is 46.9. The standard InChI is InChI=1S/C15H19F2NO5S/c1-9(2)7-12(14(20)21)18-13(19)11-5-3-10(4-6-11)8-24(22,23)15(16)17/h3-6,9,12,15H,7-8H2,1-2H3,(H,18,19)(H,20,21)/t12-/m1/s1. The molecule has 2 N–H and O–H groups in total. The molecular formula is C15H19F2NO5S. The maximum Gasteiger partial charge on any atom is 0.337 e. The van der Waals surface area contributed by atoms with Gasteiger partial charge >= 0.3 is 11.7 Å². The Hall–Kier alpha value is -2.03. The van der Waals surface area contributed by atoms with Gasteiger partial charge in [0.2, 0.25) is 9.84 Å². The lowest BCUT2D eigenvalue weighted by molar-refractivity contribution is -0.139. The monoisotopic (exact) mass is 363 g/mol. The molecule has 0 aliphatic carbocycles. The molecule has 0 aromatic heterocycles. The zero-order valence-electron chi connectivity index (χ0n) is 13.2. The van der Waals surface area contributed by atoms with Gasteiger partial charge < -0.3 is 10.4 Å². The zero-order chi connectivity index (χ0) is 18.5. The van der Waals surface area contributed by atoms with Crippen molar-refractivity contribution in [1.29, 1.82) is 0 Å². The molecule has 0 aliphatic heterocycles. The van der Waals surface area contributed by atoms with Crippen LogP contribution in [0.1, 0.15) is 36.2 Å². The van der Waals surface area contributed by atoms with Gasteiger partial charge in [-0.15, -0.1) is 0 Å². The largest absolute Gasteiger partial charge is 0.480 e. The highest BCUT2D eigenvalue weighted by atomic mass is 32.2. The molecule has 0 aliphatic rings. The molecule has 0 radical (unpaired) electrons. The van der Waals surface area contributed by atoms with Crippen LogP contribution in [0.5, 0.6) is 0 Å². The van der Waals surface area contributed by atoms with Crippen LogP contribution in [0.3, 0.4) is 0 Å². The molecule has 1 aromatic carbocycles. The third kappa shape index (κ3) is 5.88. The summed E-state index contributed by atoms with van der Waals surface area (Å²) in [6.45, 7) is 3.64. The third-order valence-corrected chi connectivity index (χ3v) is 4.44. The number of hydrogen-bond donors (Lipinski definition) is 2. The minimum atomic E-state index is -4.54. The minimum Gasteiger partial charge on any atom is -0.480 e. The number of aliphatic carboxylic acids is 1. The lowest BCUT2D eigenvalue weighted by Crippen LogP contribution is -2.41. The van der Waals surface area contributed by atoms with Crippen molar-refractivity contribution in [3.63, 3.8) is 0 Å². The summed E-state index contributed by atoms with van der Waals surface area (Å²) in [5.41, 5.74) is 0.229. The Morgan fingerprint density at radius 1 is 1.17 bits per heavy atom. The summed E-state index contributed by atoms with van der Waals surface area (Å²) in [6.07, 6.45) is 0.256. The summed E-state index contributed by atoms with van der Waals surface area (Å²) >= 11 is 0. The Morgan fingerprint density at radius 2 is 1.71 bits per heavy atom. The number of carbonyl (C=O) groups excluding carboxylic acids is 1. The van der Waals surface area contributed by atoms with E-state index in [0.29, 0.717) is 0 Å². The van der Waals surface area contributed by atoms with Crippen molar-refractivity contribution in [3.05, 3.63) is 35.4 Å². The predicted octanol–water partition coefficient (Wildman–Crippen LogP) is 2.05. The number of alkyl halides is 2. The van der Waals surface area contributed by atoms with Gasteiger partial charge in [-0.3, -0.25) is 4.79 Å². The molecule has 24 heavy (non-hydrogen) atoms. The molecular weight excluding hydrogens is 344 g/mol. The van der Waals surface area contributed by atoms with Gasteiger partial charge in [0, 0.05) is 5.56 Å². The van der Waals surface area contributed by atoms with Crippen molar-refractivity contribution in [2.24, 2.45) is 5.92 Å². The molecule has 1 rings (SSSR count). The zero-order valence-corrected chi connectivity index (χ0v) is 14.0. The van der Waals surface area contributed by atoms with Gasteiger partial charge in [0.1, 0.15) is 6.04 Å². The number of nitrogens with one attached hydrogen (secondary N) is 1. The van der Waals surface area contributed by atoms with Gasteiger partial charge in [0.25, 0.3) is 5.91 Å². The molecule has 0 unspecified atom stereocenters. The summed E-state index contributed by atoms with van der Waals surface area (Å²) in [5.74, 6) is -6.03. The van der Waals surface area contributed by atoms with Gasteiger partial charge in [0.05, 0.1) is 5.75 Å². The summed E-state index contributed by atoms with van der Waals surface area (Å²) in [7, 11) is -4.54. The second kappa shape index (κ2) is 8.18.